The number of fused-ring (bicyclic) bond motifs is 1. The maximum absolute atomic E-state index is 12.4. The zero-order valence-corrected chi connectivity index (χ0v) is 13.8. The second kappa shape index (κ2) is 6.90. The molecule has 0 saturated heterocycles. The fourth-order valence-electron chi connectivity index (χ4n) is 3.36. The molecule has 120 valence electrons. The Labute approximate surface area is 137 Å². The Morgan fingerprint density at radius 3 is 2.74 bits per heavy atom. The van der Waals surface area contributed by atoms with Crippen LogP contribution in [0.4, 0.5) is 0 Å². The van der Waals surface area contributed by atoms with Crippen molar-refractivity contribution in [2.75, 3.05) is 7.05 Å². The molecule has 1 aliphatic carbocycles. The van der Waals surface area contributed by atoms with E-state index >= 15 is 0 Å². The number of carbonyl (C=O) groups is 1. The minimum absolute atomic E-state index is 0.0405. The van der Waals surface area contributed by atoms with Crippen molar-refractivity contribution in [2.45, 2.75) is 38.6 Å². The van der Waals surface area contributed by atoms with E-state index in [1.165, 1.54) is 19.3 Å². The van der Waals surface area contributed by atoms with Crippen molar-refractivity contribution in [1.82, 2.24) is 14.9 Å². The smallest absolute Gasteiger partial charge is 0.246 e. The first kappa shape index (κ1) is 15.7. The molecule has 0 radical (unpaired) electrons. The molecule has 1 amide bonds. The van der Waals surface area contributed by atoms with Crippen molar-refractivity contribution < 1.29 is 4.79 Å². The quantitative estimate of drug-likeness (QED) is 0.813. The minimum Gasteiger partial charge on any atom is -0.339 e. The molecule has 23 heavy (non-hydrogen) atoms. The number of hydrogen-bond acceptors (Lipinski definition) is 3. The third-order valence-electron chi connectivity index (χ3n) is 4.78. The van der Waals surface area contributed by atoms with Gasteiger partial charge in [-0.3, -0.25) is 9.78 Å². The first-order valence-electron chi connectivity index (χ1n) is 8.32. The number of aromatic nitrogens is 2. The summed E-state index contributed by atoms with van der Waals surface area (Å²) in [5.74, 6) is 0.616. The lowest BCUT2D eigenvalue weighted by Crippen LogP contribution is -2.41. The Kier molecular flexibility index (Phi) is 4.70. The summed E-state index contributed by atoms with van der Waals surface area (Å²) in [5.41, 5.74) is 2.42. The van der Waals surface area contributed by atoms with Crippen molar-refractivity contribution in [3.05, 3.63) is 42.2 Å². The number of carbonyl (C=O) groups excluding carboxylic acids is 1. The molecular formula is C19H23N3O. The van der Waals surface area contributed by atoms with Gasteiger partial charge in [-0.25, -0.2) is 4.98 Å². The largest absolute Gasteiger partial charge is 0.339 e. The second-order valence-electron chi connectivity index (χ2n) is 6.40. The number of nitrogens with zero attached hydrogens (tertiary/aromatic N) is 3. The van der Waals surface area contributed by atoms with Crippen molar-refractivity contribution in [3.8, 4) is 0 Å². The van der Waals surface area contributed by atoms with E-state index < -0.39 is 0 Å². The van der Waals surface area contributed by atoms with Crippen LogP contribution in [0.1, 0.15) is 38.3 Å². The molecule has 4 heteroatoms. The van der Waals surface area contributed by atoms with Crippen molar-refractivity contribution in [1.29, 1.82) is 0 Å². The third-order valence-corrected chi connectivity index (χ3v) is 4.78. The molecule has 1 aromatic heterocycles. The van der Waals surface area contributed by atoms with Crippen LogP contribution < -0.4 is 0 Å². The Bertz CT molecular complexity index is 725. The highest BCUT2D eigenvalue weighted by Crippen LogP contribution is 2.27. The lowest BCUT2D eigenvalue weighted by Gasteiger charge is -2.35. The first-order valence-corrected chi connectivity index (χ1v) is 8.32. The summed E-state index contributed by atoms with van der Waals surface area (Å²) in [4.78, 5) is 23.2. The molecule has 2 aromatic rings. The van der Waals surface area contributed by atoms with E-state index in [-0.39, 0.29) is 5.91 Å². The summed E-state index contributed by atoms with van der Waals surface area (Å²) < 4.78 is 0. The van der Waals surface area contributed by atoms with Crippen molar-refractivity contribution in [2.24, 2.45) is 5.92 Å². The third kappa shape index (κ3) is 3.58. The molecule has 0 bridgehead atoms. The van der Waals surface area contributed by atoms with Gasteiger partial charge in [0.15, 0.2) is 0 Å². The molecular weight excluding hydrogens is 286 g/mol. The number of para-hydroxylation sites is 2. The van der Waals surface area contributed by atoms with Gasteiger partial charge >= 0.3 is 0 Å². The highest BCUT2D eigenvalue weighted by Gasteiger charge is 2.26. The highest BCUT2D eigenvalue weighted by atomic mass is 16.2. The first-order chi connectivity index (χ1) is 11.1. The number of likely N-dealkylation sites (N-methyl/N-ethyl adjacent to an activating group) is 1. The van der Waals surface area contributed by atoms with Gasteiger partial charge in [0.05, 0.1) is 22.9 Å². The van der Waals surface area contributed by atoms with Crippen LogP contribution >= 0.6 is 0 Å². The summed E-state index contributed by atoms with van der Waals surface area (Å²) in [7, 11) is 1.91. The van der Waals surface area contributed by atoms with E-state index in [2.05, 4.69) is 16.9 Å². The fraction of sp³-hybridized carbons (Fsp3) is 0.421. The monoisotopic (exact) mass is 309 g/mol. The Morgan fingerprint density at radius 2 is 1.96 bits per heavy atom. The summed E-state index contributed by atoms with van der Waals surface area (Å²) in [5, 5.41) is 0. The standard InChI is InChI=1S/C19H23N3O/c1-14-7-3-6-10-18(14)22(2)19(23)12-11-15-13-20-16-8-4-5-9-17(16)21-15/h4-5,8-9,11-14,18H,3,6-7,10H2,1-2H3/b12-11+. The summed E-state index contributed by atoms with van der Waals surface area (Å²) in [6, 6.07) is 8.09. The Morgan fingerprint density at radius 1 is 1.22 bits per heavy atom. The predicted molar refractivity (Wildman–Crippen MR) is 92.8 cm³/mol. The molecule has 1 aliphatic rings. The van der Waals surface area contributed by atoms with Crippen LogP contribution in [0, 0.1) is 5.92 Å². The van der Waals surface area contributed by atoms with E-state index in [0.717, 1.165) is 17.5 Å². The second-order valence-corrected chi connectivity index (χ2v) is 6.40. The van der Waals surface area contributed by atoms with E-state index in [1.807, 2.05) is 36.2 Å². The average molecular weight is 309 g/mol. The van der Waals surface area contributed by atoms with E-state index in [0.29, 0.717) is 17.7 Å². The van der Waals surface area contributed by atoms with Gasteiger partial charge in [-0.15, -0.1) is 0 Å². The normalized spacial score (nSPS) is 21.7. The van der Waals surface area contributed by atoms with Gasteiger partial charge in [-0.1, -0.05) is 31.9 Å². The van der Waals surface area contributed by atoms with Crippen molar-refractivity contribution >= 4 is 23.0 Å². The van der Waals surface area contributed by atoms with E-state index in [4.69, 9.17) is 0 Å². The molecule has 4 nitrogen and oxygen atoms in total. The van der Waals surface area contributed by atoms with Gasteiger partial charge in [-0.2, -0.15) is 0 Å². The Balaban J connectivity index is 1.71. The van der Waals surface area contributed by atoms with Crippen molar-refractivity contribution in [3.63, 3.8) is 0 Å². The molecule has 1 fully saturated rings. The molecule has 1 saturated carbocycles. The number of amides is 1. The average Bonchev–Trinajstić information content (AvgIpc) is 2.59. The van der Waals surface area contributed by atoms with Crippen LogP contribution in [0.3, 0.4) is 0 Å². The molecule has 3 rings (SSSR count). The predicted octanol–water partition coefficient (Wildman–Crippen LogP) is 3.68. The van der Waals surface area contributed by atoms with Gasteiger partial charge in [0.1, 0.15) is 0 Å². The van der Waals surface area contributed by atoms with Crippen LogP contribution in [-0.2, 0) is 4.79 Å². The molecule has 1 aromatic carbocycles. The lowest BCUT2D eigenvalue weighted by molar-refractivity contribution is -0.128. The van der Waals surface area contributed by atoms with Crippen LogP contribution in [0.2, 0.25) is 0 Å². The van der Waals surface area contributed by atoms with Crippen LogP contribution in [0.25, 0.3) is 17.1 Å². The molecule has 0 N–H and O–H groups in total. The minimum atomic E-state index is 0.0405. The number of benzene rings is 1. The molecule has 0 spiro atoms. The molecule has 2 unspecified atom stereocenters. The van der Waals surface area contributed by atoms with Gasteiger partial charge in [0.25, 0.3) is 0 Å². The van der Waals surface area contributed by atoms with Gasteiger partial charge in [0.2, 0.25) is 5.91 Å². The van der Waals surface area contributed by atoms with Crippen LogP contribution in [0.15, 0.2) is 36.5 Å². The SMILES string of the molecule is CC1CCCCC1N(C)C(=O)/C=C/c1cnc2ccccc2n1. The summed E-state index contributed by atoms with van der Waals surface area (Å²) in [6.45, 7) is 2.24. The highest BCUT2D eigenvalue weighted by molar-refractivity contribution is 5.91. The summed E-state index contributed by atoms with van der Waals surface area (Å²) in [6.07, 6.45) is 9.88. The van der Waals surface area contributed by atoms with Crippen LogP contribution in [-0.4, -0.2) is 33.9 Å². The van der Waals surface area contributed by atoms with Gasteiger partial charge in [-0.05, 0) is 37.0 Å². The maximum Gasteiger partial charge on any atom is 0.246 e. The zero-order valence-electron chi connectivity index (χ0n) is 13.8. The molecule has 0 aliphatic heterocycles. The topological polar surface area (TPSA) is 46.1 Å². The number of hydrogen-bond donors (Lipinski definition) is 0. The van der Waals surface area contributed by atoms with Crippen LogP contribution in [0.5, 0.6) is 0 Å². The molecule has 2 atom stereocenters. The summed E-state index contributed by atoms with van der Waals surface area (Å²) >= 11 is 0. The van der Waals surface area contributed by atoms with E-state index in [1.54, 1.807) is 18.3 Å². The Hall–Kier alpha value is -2.23. The van der Waals surface area contributed by atoms with Gasteiger partial charge < -0.3 is 4.90 Å². The van der Waals surface area contributed by atoms with Gasteiger partial charge in [0, 0.05) is 19.2 Å². The maximum atomic E-state index is 12.4. The fourth-order valence-corrected chi connectivity index (χ4v) is 3.36. The zero-order chi connectivity index (χ0) is 16.2. The van der Waals surface area contributed by atoms with E-state index in [9.17, 15) is 4.79 Å². The lowest BCUT2D eigenvalue weighted by atomic mass is 9.85. The number of rotatable bonds is 3. The molecule has 1 heterocycles.